The zero-order chi connectivity index (χ0) is 15.5. The Kier molecular flexibility index (Phi) is 5.63. The molecule has 0 saturated heterocycles. The predicted octanol–water partition coefficient (Wildman–Crippen LogP) is 2.96. The summed E-state index contributed by atoms with van der Waals surface area (Å²) in [5, 5.41) is 0. The highest BCUT2D eigenvalue weighted by Crippen LogP contribution is 2.43. The van der Waals surface area contributed by atoms with E-state index in [1.165, 1.54) is 12.0 Å². The second-order valence-corrected chi connectivity index (χ2v) is 6.43. The molecule has 0 aromatic rings. The van der Waals surface area contributed by atoms with E-state index in [-0.39, 0.29) is 23.7 Å². The van der Waals surface area contributed by atoms with E-state index < -0.39 is 5.97 Å². The number of esters is 1. The van der Waals surface area contributed by atoms with Crippen LogP contribution < -0.4 is 0 Å². The van der Waals surface area contributed by atoms with Crippen LogP contribution in [0.1, 0.15) is 40.5 Å². The van der Waals surface area contributed by atoms with Crippen LogP contribution in [0.5, 0.6) is 0 Å². The van der Waals surface area contributed by atoms with Crippen molar-refractivity contribution in [1.29, 1.82) is 0 Å². The number of ether oxygens (including phenoxy) is 1. The van der Waals surface area contributed by atoms with E-state index in [0.717, 1.165) is 24.1 Å². The van der Waals surface area contributed by atoms with Crippen molar-refractivity contribution < 1.29 is 14.3 Å². The molecule has 0 saturated carbocycles. The monoisotopic (exact) mass is 301 g/mol. The molecule has 1 atom stereocenters. The van der Waals surface area contributed by atoms with Crippen LogP contribution in [-0.4, -0.2) is 36.3 Å². The smallest absolute Gasteiger partial charge is 0.325 e. The summed E-state index contributed by atoms with van der Waals surface area (Å²) in [4.78, 5) is 25.1. The van der Waals surface area contributed by atoms with E-state index in [9.17, 15) is 9.59 Å². The molecule has 1 unspecified atom stereocenters. The number of methoxy groups -OCH3 is 1. The zero-order valence-corrected chi connectivity index (χ0v) is 13.7. The first-order chi connectivity index (χ1) is 9.22. The molecule has 5 heteroatoms. The van der Waals surface area contributed by atoms with E-state index in [0.29, 0.717) is 5.92 Å². The average Bonchev–Trinajstić information content (AvgIpc) is 2.38. The van der Waals surface area contributed by atoms with Gasteiger partial charge in [-0.3, -0.25) is 9.59 Å². The molecule has 1 rings (SSSR count). The van der Waals surface area contributed by atoms with E-state index in [1.807, 2.05) is 6.92 Å². The lowest BCUT2D eigenvalue weighted by Crippen LogP contribution is -2.40. The van der Waals surface area contributed by atoms with Crippen molar-refractivity contribution in [2.75, 3.05) is 19.5 Å². The van der Waals surface area contributed by atoms with Crippen LogP contribution in [0.4, 0.5) is 0 Å². The van der Waals surface area contributed by atoms with Crippen molar-refractivity contribution in [3.8, 4) is 0 Å². The number of carbonyl (C=O) groups is 2. The third kappa shape index (κ3) is 3.75. The van der Waals surface area contributed by atoms with Gasteiger partial charge in [0, 0.05) is 5.70 Å². The SMILES string of the molecule is COC(=O)CN(C(=O)CCl)C1=C(C)C(C)(C)CC(C)C1. The second-order valence-electron chi connectivity index (χ2n) is 6.16. The van der Waals surface area contributed by atoms with E-state index in [2.05, 4.69) is 25.5 Å². The van der Waals surface area contributed by atoms with Crippen LogP contribution in [0.25, 0.3) is 0 Å². The van der Waals surface area contributed by atoms with Gasteiger partial charge in [0.2, 0.25) is 5.91 Å². The number of nitrogens with zero attached hydrogens (tertiary/aromatic N) is 1. The maximum Gasteiger partial charge on any atom is 0.325 e. The lowest BCUT2D eigenvalue weighted by atomic mass is 9.71. The number of amides is 1. The molecule has 0 bridgehead atoms. The zero-order valence-electron chi connectivity index (χ0n) is 13.0. The molecule has 0 aromatic heterocycles. The lowest BCUT2D eigenvalue weighted by molar-refractivity contribution is -0.145. The number of hydrogen-bond donors (Lipinski definition) is 0. The molecule has 0 fully saturated rings. The van der Waals surface area contributed by atoms with Crippen molar-refractivity contribution in [3.63, 3.8) is 0 Å². The maximum atomic E-state index is 12.1. The van der Waals surface area contributed by atoms with Gasteiger partial charge in [-0.25, -0.2) is 0 Å². The van der Waals surface area contributed by atoms with Gasteiger partial charge in [0.15, 0.2) is 0 Å². The Morgan fingerprint density at radius 1 is 1.45 bits per heavy atom. The topological polar surface area (TPSA) is 46.6 Å². The van der Waals surface area contributed by atoms with Crippen LogP contribution in [0.2, 0.25) is 0 Å². The molecule has 0 aromatic carbocycles. The van der Waals surface area contributed by atoms with Gasteiger partial charge in [-0.1, -0.05) is 20.8 Å². The van der Waals surface area contributed by atoms with Crippen LogP contribution in [0, 0.1) is 11.3 Å². The molecule has 4 nitrogen and oxygen atoms in total. The quantitative estimate of drug-likeness (QED) is 0.592. The van der Waals surface area contributed by atoms with Crippen LogP contribution in [0.15, 0.2) is 11.3 Å². The maximum absolute atomic E-state index is 12.1. The number of alkyl halides is 1. The Balaban J connectivity index is 3.17. The number of carbonyl (C=O) groups excluding carboxylic acids is 2. The second kappa shape index (κ2) is 6.61. The molecule has 1 amide bonds. The van der Waals surface area contributed by atoms with E-state index in [4.69, 9.17) is 11.6 Å². The highest BCUT2D eigenvalue weighted by Gasteiger charge is 2.35. The number of hydrogen-bond acceptors (Lipinski definition) is 3. The molecular formula is C15H24ClNO3. The average molecular weight is 302 g/mol. The molecule has 1 aliphatic rings. The van der Waals surface area contributed by atoms with Gasteiger partial charge >= 0.3 is 5.97 Å². The molecular weight excluding hydrogens is 278 g/mol. The largest absolute Gasteiger partial charge is 0.468 e. The number of rotatable bonds is 4. The Morgan fingerprint density at radius 2 is 2.05 bits per heavy atom. The normalized spacial score (nSPS) is 21.6. The number of halogens is 1. The molecule has 0 spiro atoms. The highest BCUT2D eigenvalue weighted by molar-refractivity contribution is 6.27. The fourth-order valence-corrected chi connectivity index (χ4v) is 3.03. The minimum atomic E-state index is -0.431. The molecule has 0 radical (unpaired) electrons. The van der Waals surface area contributed by atoms with Crippen molar-refractivity contribution >= 4 is 23.5 Å². The van der Waals surface area contributed by atoms with Gasteiger partial charge < -0.3 is 9.64 Å². The summed E-state index contributed by atoms with van der Waals surface area (Å²) in [6.07, 6.45) is 1.86. The fourth-order valence-electron chi connectivity index (χ4n) is 2.88. The van der Waals surface area contributed by atoms with Gasteiger partial charge in [0.25, 0.3) is 0 Å². The summed E-state index contributed by atoms with van der Waals surface area (Å²) in [6.45, 7) is 8.46. The Labute approximate surface area is 126 Å². The minimum Gasteiger partial charge on any atom is -0.468 e. The van der Waals surface area contributed by atoms with Crippen molar-refractivity contribution in [2.24, 2.45) is 11.3 Å². The summed E-state index contributed by atoms with van der Waals surface area (Å²) >= 11 is 5.68. The predicted molar refractivity (Wildman–Crippen MR) is 79.3 cm³/mol. The number of allylic oxidation sites excluding steroid dienone is 2. The van der Waals surface area contributed by atoms with E-state index >= 15 is 0 Å². The molecule has 0 aliphatic heterocycles. The molecule has 20 heavy (non-hydrogen) atoms. The first-order valence-corrected chi connectivity index (χ1v) is 7.39. The minimum absolute atomic E-state index is 0.0218. The summed E-state index contributed by atoms with van der Waals surface area (Å²) in [5.41, 5.74) is 2.09. The van der Waals surface area contributed by atoms with Gasteiger partial charge in [-0.2, -0.15) is 0 Å². The first kappa shape index (κ1) is 17.0. The fraction of sp³-hybridized carbons (Fsp3) is 0.733. The highest BCUT2D eigenvalue weighted by atomic mass is 35.5. The Bertz CT molecular complexity index is 429. The van der Waals surface area contributed by atoms with Crippen molar-refractivity contribution in [2.45, 2.75) is 40.5 Å². The van der Waals surface area contributed by atoms with Crippen molar-refractivity contribution in [1.82, 2.24) is 4.90 Å². The van der Waals surface area contributed by atoms with Gasteiger partial charge in [-0.15, -0.1) is 11.6 Å². The summed E-state index contributed by atoms with van der Waals surface area (Å²) < 4.78 is 4.68. The lowest BCUT2D eigenvalue weighted by Gasteiger charge is -2.40. The Hall–Kier alpha value is -1.03. The third-order valence-electron chi connectivity index (χ3n) is 4.10. The van der Waals surface area contributed by atoms with Crippen LogP contribution >= 0.6 is 11.6 Å². The molecule has 0 N–H and O–H groups in total. The van der Waals surface area contributed by atoms with Gasteiger partial charge in [0.1, 0.15) is 12.4 Å². The summed E-state index contributed by atoms with van der Waals surface area (Å²) in [6, 6.07) is 0. The van der Waals surface area contributed by atoms with Gasteiger partial charge in [-0.05, 0) is 36.7 Å². The standard InChI is InChI=1S/C15H24ClNO3/c1-10-6-12(11(2)15(3,4)7-10)17(13(18)8-16)9-14(19)20-5/h10H,6-9H2,1-5H3. The van der Waals surface area contributed by atoms with E-state index in [1.54, 1.807) is 0 Å². The van der Waals surface area contributed by atoms with Crippen LogP contribution in [-0.2, 0) is 14.3 Å². The molecule has 114 valence electrons. The molecule has 1 aliphatic carbocycles. The summed E-state index contributed by atoms with van der Waals surface area (Å²) in [5.74, 6) is -0.356. The van der Waals surface area contributed by atoms with Crippen LogP contribution in [0.3, 0.4) is 0 Å². The third-order valence-corrected chi connectivity index (χ3v) is 4.33. The summed E-state index contributed by atoms with van der Waals surface area (Å²) in [7, 11) is 1.32. The van der Waals surface area contributed by atoms with Gasteiger partial charge in [0.05, 0.1) is 7.11 Å². The first-order valence-electron chi connectivity index (χ1n) is 6.86. The van der Waals surface area contributed by atoms with Crippen molar-refractivity contribution in [3.05, 3.63) is 11.3 Å². The molecule has 0 heterocycles. The Morgan fingerprint density at radius 3 is 2.55 bits per heavy atom.